The molecule has 14 heavy (non-hydrogen) atoms. The normalized spacial score (nSPS) is 16.7. The molecule has 3 heteroatoms. The SMILES string of the molecule is CCC(C)(C)OCC(C)OC(C)CO. The zero-order valence-electron chi connectivity index (χ0n) is 10.0. The Morgan fingerprint density at radius 3 is 2.21 bits per heavy atom. The van der Waals surface area contributed by atoms with Crippen LogP contribution in [0.5, 0.6) is 0 Å². The third kappa shape index (κ3) is 6.35. The van der Waals surface area contributed by atoms with Gasteiger partial charge in [0, 0.05) is 0 Å². The Kier molecular flexibility index (Phi) is 6.33. The highest BCUT2D eigenvalue weighted by Gasteiger charge is 2.17. The van der Waals surface area contributed by atoms with Gasteiger partial charge in [-0.05, 0) is 34.1 Å². The highest BCUT2D eigenvalue weighted by molar-refractivity contribution is 4.66. The summed E-state index contributed by atoms with van der Waals surface area (Å²) in [5, 5.41) is 8.79. The lowest BCUT2D eigenvalue weighted by atomic mass is 10.1. The molecule has 0 aromatic heterocycles. The van der Waals surface area contributed by atoms with E-state index in [-0.39, 0.29) is 24.4 Å². The topological polar surface area (TPSA) is 38.7 Å². The lowest BCUT2D eigenvalue weighted by Crippen LogP contribution is -2.30. The number of aliphatic hydroxyl groups excluding tert-OH is 1. The molecule has 0 aliphatic carbocycles. The second-order valence-electron chi connectivity index (χ2n) is 4.36. The van der Waals surface area contributed by atoms with Crippen molar-refractivity contribution in [3.8, 4) is 0 Å². The fourth-order valence-electron chi connectivity index (χ4n) is 0.924. The van der Waals surface area contributed by atoms with Gasteiger partial charge in [-0.2, -0.15) is 0 Å². The third-order valence-electron chi connectivity index (χ3n) is 2.28. The van der Waals surface area contributed by atoms with E-state index in [0.29, 0.717) is 6.61 Å². The molecule has 0 bridgehead atoms. The Labute approximate surface area is 87.4 Å². The predicted octanol–water partition coefficient (Wildman–Crippen LogP) is 1.98. The minimum Gasteiger partial charge on any atom is -0.394 e. The molecule has 0 saturated heterocycles. The first-order valence-corrected chi connectivity index (χ1v) is 5.31. The molecule has 0 rings (SSSR count). The van der Waals surface area contributed by atoms with Crippen LogP contribution in [0, 0.1) is 0 Å². The molecule has 1 N–H and O–H groups in total. The zero-order chi connectivity index (χ0) is 11.2. The first-order chi connectivity index (χ1) is 6.41. The summed E-state index contributed by atoms with van der Waals surface area (Å²) >= 11 is 0. The van der Waals surface area contributed by atoms with Crippen LogP contribution < -0.4 is 0 Å². The average Bonchev–Trinajstić information content (AvgIpc) is 2.15. The summed E-state index contributed by atoms with van der Waals surface area (Å²) in [4.78, 5) is 0. The van der Waals surface area contributed by atoms with Crippen LogP contribution >= 0.6 is 0 Å². The molecule has 2 atom stereocenters. The van der Waals surface area contributed by atoms with Crippen molar-refractivity contribution in [2.75, 3.05) is 13.2 Å². The summed E-state index contributed by atoms with van der Waals surface area (Å²) < 4.78 is 11.1. The van der Waals surface area contributed by atoms with E-state index in [1.165, 1.54) is 0 Å². The minimum absolute atomic E-state index is 0.0305. The van der Waals surface area contributed by atoms with Crippen LogP contribution in [0.15, 0.2) is 0 Å². The van der Waals surface area contributed by atoms with Gasteiger partial charge in [-0.25, -0.2) is 0 Å². The van der Waals surface area contributed by atoms with Gasteiger partial charge in [-0.15, -0.1) is 0 Å². The highest BCUT2D eigenvalue weighted by atomic mass is 16.6. The van der Waals surface area contributed by atoms with Crippen molar-refractivity contribution in [1.82, 2.24) is 0 Å². The first-order valence-electron chi connectivity index (χ1n) is 5.31. The number of rotatable bonds is 7. The second-order valence-corrected chi connectivity index (χ2v) is 4.36. The van der Waals surface area contributed by atoms with Gasteiger partial charge >= 0.3 is 0 Å². The van der Waals surface area contributed by atoms with Gasteiger partial charge in [0.2, 0.25) is 0 Å². The fourth-order valence-corrected chi connectivity index (χ4v) is 0.924. The van der Waals surface area contributed by atoms with Crippen molar-refractivity contribution in [2.45, 2.75) is 58.8 Å². The quantitative estimate of drug-likeness (QED) is 0.689. The van der Waals surface area contributed by atoms with Crippen LogP contribution in [0.4, 0.5) is 0 Å². The van der Waals surface area contributed by atoms with Gasteiger partial charge in [0.25, 0.3) is 0 Å². The minimum atomic E-state index is -0.113. The van der Waals surface area contributed by atoms with Gasteiger partial charge in [-0.3, -0.25) is 0 Å². The highest BCUT2D eigenvalue weighted by Crippen LogP contribution is 2.14. The van der Waals surface area contributed by atoms with Gasteiger partial charge in [0.05, 0.1) is 31.0 Å². The number of hydrogen-bond donors (Lipinski definition) is 1. The molecule has 0 aromatic rings. The summed E-state index contributed by atoms with van der Waals surface area (Å²) in [7, 11) is 0. The zero-order valence-corrected chi connectivity index (χ0v) is 10.0. The van der Waals surface area contributed by atoms with Crippen LogP contribution in [-0.2, 0) is 9.47 Å². The maximum atomic E-state index is 8.79. The summed E-state index contributed by atoms with van der Waals surface area (Å²) in [5.74, 6) is 0. The van der Waals surface area contributed by atoms with Crippen LogP contribution in [0.3, 0.4) is 0 Å². The molecule has 86 valence electrons. The first kappa shape index (κ1) is 13.9. The van der Waals surface area contributed by atoms with Crippen LogP contribution in [0.25, 0.3) is 0 Å². The van der Waals surface area contributed by atoms with Gasteiger partial charge in [0.1, 0.15) is 0 Å². The molecular formula is C11H24O3. The average molecular weight is 204 g/mol. The van der Waals surface area contributed by atoms with E-state index in [2.05, 4.69) is 20.8 Å². The molecule has 0 heterocycles. The molecule has 0 saturated carbocycles. The third-order valence-corrected chi connectivity index (χ3v) is 2.28. The fraction of sp³-hybridized carbons (Fsp3) is 1.00. The Hall–Kier alpha value is -0.120. The number of hydrogen-bond acceptors (Lipinski definition) is 3. The van der Waals surface area contributed by atoms with E-state index in [1.807, 2.05) is 13.8 Å². The van der Waals surface area contributed by atoms with Crippen molar-refractivity contribution in [2.24, 2.45) is 0 Å². The molecule has 2 unspecified atom stereocenters. The molecule has 0 amide bonds. The maximum Gasteiger partial charge on any atom is 0.0785 e. The molecule has 3 nitrogen and oxygen atoms in total. The van der Waals surface area contributed by atoms with E-state index in [0.717, 1.165) is 6.42 Å². The summed E-state index contributed by atoms with van der Waals surface area (Å²) in [6.45, 7) is 10.7. The van der Waals surface area contributed by atoms with E-state index in [1.54, 1.807) is 0 Å². The Morgan fingerprint density at radius 2 is 1.79 bits per heavy atom. The summed E-state index contributed by atoms with van der Waals surface area (Å²) in [6.07, 6.45) is 0.899. The van der Waals surface area contributed by atoms with E-state index in [4.69, 9.17) is 14.6 Å². The van der Waals surface area contributed by atoms with Crippen LogP contribution in [0.1, 0.15) is 41.0 Å². The van der Waals surface area contributed by atoms with Crippen LogP contribution in [0.2, 0.25) is 0 Å². The molecule has 0 aromatic carbocycles. The van der Waals surface area contributed by atoms with Gasteiger partial charge in [0.15, 0.2) is 0 Å². The number of aliphatic hydroxyl groups is 1. The van der Waals surface area contributed by atoms with Crippen molar-refractivity contribution < 1.29 is 14.6 Å². The Morgan fingerprint density at radius 1 is 1.21 bits per heavy atom. The molecular weight excluding hydrogens is 180 g/mol. The molecule has 0 radical (unpaired) electrons. The maximum absolute atomic E-state index is 8.79. The Balaban J connectivity index is 3.68. The largest absolute Gasteiger partial charge is 0.394 e. The molecule has 0 spiro atoms. The van der Waals surface area contributed by atoms with Crippen molar-refractivity contribution in [3.05, 3.63) is 0 Å². The van der Waals surface area contributed by atoms with Crippen LogP contribution in [-0.4, -0.2) is 36.1 Å². The Bertz CT molecular complexity index is 145. The van der Waals surface area contributed by atoms with E-state index in [9.17, 15) is 0 Å². The summed E-state index contributed by atoms with van der Waals surface area (Å²) in [5.41, 5.74) is -0.0833. The van der Waals surface area contributed by atoms with Crippen molar-refractivity contribution in [1.29, 1.82) is 0 Å². The van der Waals surface area contributed by atoms with Crippen molar-refractivity contribution in [3.63, 3.8) is 0 Å². The standard InChI is InChI=1S/C11H24O3/c1-6-11(4,5)13-8-10(3)14-9(2)7-12/h9-10,12H,6-8H2,1-5H3. The van der Waals surface area contributed by atoms with Gasteiger partial charge in [-0.1, -0.05) is 6.92 Å². The monoisotopic (exact) mass is 204 g/mol. The summed E-state index contributed by atoms with van der Waals surface area (Å²) in [6, 6.07) is 0. The lowest BCUT2D eigenvalue weighted by Gasteiger charge is -2.26. The molecule has 0 aliphatic heterocycles. The number of ether oxygens (including phenoxy) is 2. The van der Waals surface area contributed by atoms with Crippen molar-refractivity contribution >= 4 is 0 Å². The molecule has 0 aliphatic rings. The van der Waals surface area contributed by atoms with Gasteiger partial charge < -0.3 is 14.6 Å². The van der Waals surface area contributed by atoms with E-state index >= 15 is 0 Å². The molecule has 0 fully saturated rings. The second kappa shape index (κ2) is 6.38. The smallest absolute Gasteiger partial charge is 0.0785 e. The van der Waals surface area contributed by atoms with E-state index < -0.39 is 0 Å². The predicted molar refractivity (Wildman–Crippen MR) is 57.4 cm³/mol. The lowest BCUT2D eigenvalue weighted by molar-refractivity contribution is -0.0998.